The number of cyclic esters (lactones) is 2. The Hall–Kier alpha value is -1.03. The summed E-state index contributed by atoms with van der Waals surface area (Å²) >= 11 is 0. The molecule has 0 atom stereocenters. The van der Waals surface area contributed by atoms with Gasteiger partial charge >= 0.3 is 6.16 Å². The van der Waals surface area contributed by atoms with Crippen LogP contribution in [0.1, 0.15) is 12.8 Å². The predicted octanol–water partition coefficient (Wildman–Crippen LogP) is 0.810. The molecule has 0 aromatic heterocycles. The van der Waals surface area contributed by atoms with Crippen LogP contribution in [0.4, 0.5) is 4.79 Å². The Morgan fingerprint density at radius 1 is 1.64 bits per heavy atom. The van der Waals surface area contributed by atoms with Gasteiger partial charge in [-0.2, -0.15) is 0 Å². The predicted molar refractivity (Wildman–Crippen MR) is 36.8 cm³/mol. The van der Waals surface area contributed by atoms with E-state index in [1.165, 1.54) is 0 Å². The van der Waals surface area contributed by atoms with Crippen LogP contribution in [-0.4, -0.2) is 24.5 Å². The SMILES string of the molecule is O=C1OCC/C(=C/CCO)O1. The second-order valence-corrected chi connectivity index (χ2v) is 2.13. The van der Waals surface area contributed by atoms with Gasteiger partial charge in [0.25, 0.3) is 0 Å². The van der Waals surface area contributed by atoms with E-state index in [0.717, 1.165) is 0 Å². The van der Waals surface area contributed by atoms with Gasteiger partial charge in [0, 0.05) is 13.0 Å². The average molecular weight is 158 g/mol. The molecule has 0 saturated carbocycles. The fourth-order valence-corrected chi connectivity index (χ4v) is 0.792. The molecule has 0 spiro atoms. The zero-order valence-electron chi connectivity index (χ0n) is 6.08. The van der Waals surface area contributed by atoms with Crippen molar-refractivity contribution in [3.05, 3.63) is 11.8 Å². The molecule has 0 aliphatic carbocycles. The maximum Gasteiger partial charge on any atom is 0.513 e. The molecule has 0 radical (unpaired) electrons. The summed E-state index contributed by atoms with van der Waals surface area (Å²) in [5.74, 6) is 0.593. The third-order valence-corrected chi connectivity index (χ3v) is 1.28. The molecule has 1 aliphatic heterocycles. The van der Waals surface area contributed by atoms with Gasteiger partial charge in [0.05, 0.1) is 0 Å². The van der Waals surface area contributed by atoms with Gasteiger partial charge in [-0.05, 0) is 12.5 Å². The summed E-state index contributed by atoms with van der Waals surface area (Å²) in [6.45, 7) is 0.442. The van der Waals surface area contributed by atoms with E-state index in [4.69, 9.17) is 5.11 Å². The highest BCUT2D eigenvalue weighted by Crippen LogP contribution is 2.12. The van der Waals surface area contributed by atoms with Crippen LogP contribution in [0.2, 0.25) is 0 Å². The highest BCUT2D eigenvalue weighted by Gasteiger charge is 2.14. The van der Waals surface area contributed by atoms with E-state index in [9.17, 15) is 4.79 Å². The molecule has 1 N–H and O–H groups in total. The summed E-state index contributed by atoms with van der Waals surface area (Å²) < 4.78 is 9.20. The van der Waals surface area contributed by atoms with Crippen LogP contribution in [0.5, 0.6) is 0 Å². The molecule has 1 aliphatic rings. The molecule has 0 aromatic carbocycles. The lowest BCUT2D eigenvalue weighted by Crippen LogP contribution is -2.15. The van der Waals surface area contributed by atoms with Crippen molar-refractivity contribution in [2.75, 3.05) is 13.2 Å². The molecular formula is C7H10O4. The van der Waals surface area contributed by atoms with E-state index in [0.29, 0.717) is 25.2 Å². The number of aliphatic hydroxyl groups is 1. The van der Waals surface area contributed by atoms with Crippen LogP contribution in [0.15, 0.2) is 11.8 Å². The minimum absolute atomic E-state index is 0.0713. The maximum absolute atomic E-state index is 10.5. The molecule has 1 rings (SSSR count). The lowest BCUT2D eigenvalue weighted by molar-refractivity contribution is 0.0483. The summed E-state index contributed by atoms with van der Waals surface area (Å²) in [6, 6.07) is 0. The van der Waals surface area contributed by atoms with Crippen LogP contribution in [0.25, 0.3) is 0 Å². The first kappa shape index (κ1) is 8.07. The van der Waals surface area contributed by atoms with Gasteiger partial charge in [-0.25, -0.2) is 4.79 Å². The Kier molecular flexibility index (Phi) is 2.92. The van der Waals surface area contributed by atoms with E-state index in [-0.39, 0.29) is 6.61 Å². The van der Waals surface area contributed by atoms with Crippen molar-refractivity contribution in [1.82, 2.24) is 0 Å². The number of carbonyl (C=O) groups is 1. The van der Waals surface area contributed by atoms with Crippen LogP contribution in [0.3, 0.4) is 0 Å². The largest absolute Gasteiger partial charge is 0.513 e. The number of rotatable bonds is 2. The summed E-state index contributed by atoms with van der Waals surface area (Å²) in [6.07, 6.45) is 2.16. The van der Waals surface area contributed by atoms with Crippen molar-refractivity contribution < 1.29 is 19.4 Å². The Labute approximate surface area is 64.4 Å². The molecule has 1 heterocycles. The van der Waals surface area contributed by atoms with Crippen LogP contribution in [-0.2, 0) is 9.47 Å². The number of aliphatic hydroxyl groups excluding tert-OH is 1. The highest BCUT2D eigenvalue weighted by molar-refractivity contribution is 5.62. The molecule has 1 fully saturated rings. The van der Waals surface area contributed by atoms with E-state index >= 15 is 0 Å². The van der Waals surface area contributed by atoms with Gasteiger partial charge in [0.2, 0.25) is 0 Å². The minimum atomic E-state index is -0.652. The Morgan fingerprint density at radius 3 is 3.09 bits per heavy atom. The van der Waals surface area contributed by atoms with Crippen molar-refractivity contribution in [3.8, 4) is 0 Å². The van der Waals surface area contributed by atoms with Gasteiger partial charge in [0.15, 0.2) is 0 Å². The Bertz CT molecular complexity index is 173. The molecule has 11 heavy (non-hydrogen) atoms. The fraction of sp³-hybridized carbons (Fsp3) is 0.571. The van der Waals surface area contributed by atoms with Crippen molar-refractivity contribution >= 4 is 6.16 Å². The lowest BCUT2D eigenvalue weighted by Gasteiger charge is -2.14. The van der Waals surface area contributed by atoms with Gasteiger partial charge in [0.1, 0.15) is 12.4 Å². The van der Waals surface area contributed by atoms with Gasteiger partial charge < -0.3 is 14.6 Å². The van der Waals surface area contributed by atoms with Crippen LogP contribution < -0.4 is 0 Å². The molecule has 4 nitrogen and oxygen atoms in total. The topological polar surface area (TPSA) is 55.8 Å². The normalized spacial score (nSPS) is 21.2. The van der Waals surface area contributed by atoms with Crippen molar-refractivity contribution in [2.45, 2.75) is 12.8 Å². The molecule has 0 aromatic rings. The van der Waals surface area contributed by atoms with Crippen molar-refractivity contribution in [2.24, 2.45) is 0 Å². The molecule has 1 saturated heterocycles. The third-order valence-electron chi connectivity index (χ3n) is 1.28. The summed E-state index contributed by atoms with van der Waals surface area (Å²) in [4.78, 5) is 10.5. The number of carbonyl (C=O) groups excluding carboxylic acids is 1. The first-order valence-corrected chi connectivity index (χ1v) is 3.47. The van der Waals surface area contributed by atoms with E-state index < -0.39 is 6.16 Å². The van der Waals surface area contributed by atoms with E-state index in [1.807, 2.05) is 0 Å². The molecule has 4 heteroatoms. The number of hydrogen-bond donors (Lipinski definition) is 1. The second kappa shape index (κ2) is 3.98. The zero-order valence-corrected chi connectivity index (χ0v) is 6.08. The molecule has 62 valence electrons. The van der Waals surface area contributed by atoms with Crippen LogP contribution >= 0.6 is 0 Å². The smallest absolute Gasteiger partial charge is 0.434 e. The monoisotopic (exact) mass is 158 g/mol. The second-order valence-electron chi connectivity index (χ2n) is 2.13. The maximum atomic E-state index is 10.5. The van der Waals surface area contributed by atoms with Gasteiger partial charge in [-0.3, -0.25) is 0 Å². The average Bonchev–Trinajstić information content (AvgIpc) is 2.01. The van der Waals surface area contributed by atoms with Gasteiger partial charge in [-0.15, -0.1) is 0 Å². The third kappa shape index (κ3) is 2.59. The van der Waals surface area contributed by atoms with E-state index in [2.05, 4.69) is 9.47 Å². The lowest BCUT2D eigenvalue weighted by atomic mass is 10.3. The summed E-state index contributed by atoms with van der Waals surface area (Å²) in [7, 11) is 0. The van der Waals surface area contributed by atoms with Crippen LogP contribution in [0, 0.1) is 0 Å². The van der Waals surface area contributed by atoms with Crippen molar-refractivity contribution in [1.29, 1.82) is 0 Å². The minimum Gasteiger partial charge on any atom is -0.434 e. The Morgan fingerprint density at radius 2 is 2.45 bits per heavy atom. The highest BCUT2D eigenvalue weighted by atomic mass is 16.7. The summed E-state index contributed by atoms with van der Waals surface area (Å²) in [5.41, 5.74) is 0. The van der Waals surface area contributed by atoms with E-state index in [1.54, 1.807) is 6.08 Å². The first-order valence-electron chi connectivity index (χ1n) is 3.47. The zero-order chi connectivity index (χ0) is 8.10. The number of hydrogen-bond acceptors (Lipinski definition) is 4. The van der Waals surface area contributed by atoms with Gasteiger partial charge in [-0.1, -0.05) is 0 Å². The quantitative estimate of drug-likeness (QED) is 0.604. The Balaban J connectivity index is 2.38. The van der Waals surface area contributed by atoms with Crippen molar-refractivity contribution in [3.63, 3.8) is 0 Å². The molecule has 0 amide bonds. The fourth-order valence-electron chi connectivity index (χ4n) is 0.792. The standard InChI is InChI=1S/C7H10O4/c8-4-1-2-6-3-5-10-7(9)11-6/h2,8H,1,3-5H2/b6-2-. The molecule has 0 bridgehead atoms. The molecular weight excluding hydrogens is 148 g/mol. The summed E-state index contributed by atoms with van der Waals surface area (Å²) in [5, 5.41) is 8.45. The number of ether oxygens (including phenoxy) is 2. The molecule has 0 unspecified atom stereocenters. The first-order chi connectivity index (χ1) is 5.33.